The second kappa shape index (κ2) is 4.50. The summed E-state index contributed by atoms with van der Waals surface area (Å²) in [5, 5.41) is -3.01. The molecule has 0 amide bonds. The smallest absolute Gasteiger partial charge is 0.218 e. The molecule has 0 bridgehead atoms. The first-order valence-corrected chi connectivity index (χ1v) is 6.44. The molecule has 0 aromatic rings. The molecule has 6 heteroatoms. The zero-order chi connectivity index (χ0) is 11.0. The van der Waals surface area contributed by atoms with Gasteiger partial charge < -0.3 is 0 Å². The summed E-state index contributed by atoms with van der Waals surface area (Å²) in [7, 11) is 0. The Morgan fingerprint density at radius 2 is 1.64 bits per heavy atom. The first kappa shape index (κ1) is 13.1. The van der Waals surface area contributed by atoms with Crippen molar-refractivity contribution in [1.82, 2.24) is 0 Å². The van der Waals surface area contributed by atoms with Crippen molar-refractivity contribution in [3.8, 4) is 0 Å². The summed E-state index contributed by atoms with van der Waals surface area (Å²) in [5.74, 6) is -0.854. The van der Waals surface area contributed by atoms with Crippen molar-refractivity contribution >= 4 is 43.5 Å². The van der Waals surface area contributed by atoms with E-state index >= 15 is 0 Å². The topological polar surface area (TPSA) is 0 Å². The Bertz CT molecular complexity index is 205. The van der Waals surface area contributed by atoms with E-state index in [0.717, 1.165) is 12.8 Å². The standard InChI is InChI=1S/C8H10Br2ClF3/c9-6-4-2-1-3-5(6)7(11,12)8(10,13)14/h5-6H,1-4H2/t5-,6+,7+/m0/s1. The third-order valence-electron chi connectivity index (χ3n) is 2.53. The SMILES string of the molecule is FC(F)(Br)[C@@](F)(Cl)[C@H]1CCCC[C@H]1Br. The highest BCUT2D eigenvalue weighted by atomic mass is 79.9. The van der Waals surface area contributed by atoms with E-state index in [2.05, 4.69) is 15.9 Å². The van der Waals surface area contributed by atoms with Crippen LogP contribution >= 0.6 is 43.5 Å². The van der Waals surface area contributed by atoms with Crippen LogP contribution in [0.2, 0.25) is 0 Å². The van der Waals surface area contributed by atoms with E-state index in [1.165, 1.54) is 0 Å². The molecule has 0 saturated heterocycles. The second-order valence-electron chi connectivity index (χ2n) is 3.53. The van der Waals surface area contributed by atoms with Crippen LogP contribution in [0.25, 0.3) is 0 Å². The third kappa shape index (κ3) is 2.59. The maximum absolute atomic E-state index is 13.7. The van der Waals surface area contributed by atoms with Crippen LogP contribution in [0.1, 0.15) is 25.7 Å². The highest BCUT2D eigenvalue weighted by molar-refractivity contribution is 9.10. The van der Waals surface area contributed by atoms with Gasteiger partial charge in [0.05, 0.1) is 0 Å². The van der Waals surface area contributed by atoms with E-state index in [4.69, 9.17) is 11.6 Å². The number of hydrogen-bond acceptors (Lipinski definition) is 0. The lowest BCUT2D eigenvalue weighted by Gasteiger charge is -2.37. The average Bonchev–Trinajstić information content (AvgIpc) is 2.02. The van der Waals surface area contributed by atoms with Gasteiger partial charge in [0, 0.05) is 10.7 Å². The minimum atomic E-state index is -3.68. The molecule has 0 spiro atoms. The summed E-state index contributed by atoms with van der Waals surface area (Å²) < 4.78 is 39.4. The van der Waals surface area contributed by atoms with Crippen LogP contribution in [0.4, 0.5) is 13.2 Å². The first-order valence-electron chi connectivity index (χ1n) is 4.35. The molecule has 1 aliphatic rings. The maximum Gasteiger partial charge on any atom is 0.348 e. The van der Waals surface area contributed by atoms with Crippen molar-refractivity contribution in [1.29, 1.82) is 0 Å². The zero-order valence-corrected chi connectivity index (χ0v) is 11.2. The number of alkyl halides is 6. The van der Waals surface area contributed by atoms with Crippen molar-refractivity contribution in [2.24, 2.45) is 5.92 Å². The fourth-order valence-corrected chi connectivity index (χ4v) is 3.36. The molecule has 0 aromatic heterocycles. The third-order valence-corrected chi connectivity index (χ3v) is 4.94. The zero-order valence-electron chi connectivity index (χ0n) is 7.25. The molecule has 0 nitrogen and oxygen atoms in total. The number of rotatable bonds is 2. The Labute approximate surface area is 103 Å². The van der Waals surface area contributed by atoms with Crippen LogP contribution in [-0.4, -0.2) is 14.8 Å². The molecule has 1 aliphatic carbocycles. The van der Waals surface area contributed by atoms with Crippen molar-refractivity contribution in [2.75, 3.05) is 0 Å². The fraction of sp³-hybridized carbons (Fsp3) is 1.00. The fourth-order valence-electron chi connectivity index (χ4n) is 1.70. The van der Waals surface area contributed by atoms with Gasteiger partial charge in [0.15, 0.2) is 0 Å². The van der Waals surface area contributed by atoms with E-state index in [9.17, 15) is 13.2 Å². The van der Waals surface area contributed by atoms with Gasteiger partial charge in [-0.05, 0) is 28.8 Å². The molecule has 3 atom stereocenters. The Balaban J connectivity index is 2.79. The van der Waals surface area contributed by atoms with Gasteiger partial charge in [-0.2, -0.15) is 8.78 Å². The lowest BCUT2D eigenvalue weighted by molar-refractivity contribution is -0.0447. The Hall–Kier alpha value is 1.04. The van der Waals surface area contributed by atoms with Crippen LogP contribution in [0, 0.1) is 5.92 Å². The van der Waals surface area contributed by atoms with E-state index in [1.54, 1.807) is 0 Å². The van der Waals surface area contributed by atoms with Gasteiger partial charge in [0.1, 0.15) is 0 Å². The average molecular weight is 358 g/mol. The number of halogens is 6. The molecule has 0 aliphatic heterocycles. The van der Waals surface area contributed by atoms with Crippen LogP contribution in [0.5, 0.6) is 0 Å². The molecule has 1 saturated carbocycles. The minimum Gasteiger partial charge on any atom is -0.218 e. The van der Waals surface area contributed by atoms with Crippen molar-refractivity contribution < 1.29 is 13.2 Å². The van der Waals surface area contributed by atoms with E-state index in [-0.39, 0.29) is 4.83 Å². The quantitative estimate of drug-likeness (QED) is 0.620. The summed E-state index contributed by atoms with van der Waals surface area (Å²) in [6.07, 6.45) is 2.74. The first-order chi connectivity index (χ1) is 6.27. The van der Waals surface area contributed by atoms with Crippen LogP contribution in [-0.2, 0) is 0 Å². The molecule has 1 fully saturated rings. The maximum atomic E-state index is 13.7. The summed E-state index contributed by atoms with van der Waals surface area (Å²) in [4.78, 5) is -3.96. The predicted octanol–water partition coefficient (Wildman–Crippen LogP) is 4.83. The molecule has 14 heavy (non-hydrogen) atoms. The summed E-state index contributed by atoms with van der Waals surface area (Å²) in [6.45, 7) is 0. The highest BCUT2D eigenvalue weighted by Crippen LogP contribution is 2.52. The summed E-state index contributed by atoms with van der Waals surface area (Å²) in [5.41, 5.74) is 0. The van der Waals surface area contributed by atoms with Gasteiger partial charge >= 0.3 is 4.83 Å². The molecular weight excluding hydrogens is 348 g/mol. The molecule has 0 unspecified atom stereocenters. The Morgan fingerprint density at radius 3 is 2.07 bits per heavy atom. The van der Waals surface area contributed by atoms with Crippen molar-refractivity contribution in [2.45, 2.75) is 40.5 Å². The van der Waals surface area contributed by atoms with Crippen molar-refractivity contribution in [3.63, 3.8) is 0 Å². The van der Waals surface area contributed by atoms with E-state index in [1.807, 2.05) is 15.9 Å². The molecule has 0 heterocycles. The Kier molecular flexibility index (Phi) is 4.21. The van der Waals surface area contributed by atoms with E-state index < -0.39 is 15.9 Å². The molecule has 0 radical (unpaired) electrons. The highest BCUT2D eigenvalue weighted by Gasteiger charge is 2.58. The Morgan fingerprint density at radius 1 is 1.14 bits per heavy atom. The van der Waals surface area contributed by atoms with Gasteiger partial charge in [-0.15, -0.1) is 0 Å². The van der Waals surface area contributed by atoms with Gasteiger partial charge in [0.2, 0.25) is 0 Å². The van der Waals surface area contributed by atoms with Crippen LogP contribution in [0.15, 0.2) is 0 Å². The second-order valence-corrected chi connectivity index (χ2v) is 6.25. The van der Waals surface area contributed by atoms with Crippen molar-refractivity contribution in [3.05, 3.63) is 0 Å². The number of hydrogen-bond donors (Lipinski definition) is 0. The van der Waals surface area contributed by atoms with Crippen LogP contribution in [0.3, 0.4) is 0 Å². The lowest BCUT2D eigenvalue weighted by atomic mass is 9.85. The van der Waals surface area contributed by atoms with Crippen LogP contribution < -0.4 is 0 Å². The monoisotopic (exact) mass is 356 g/mol. The summed E-state index contributed by atoms with van der Waals surface area (Å²) in [6, 6.07) is 0. The lowest BCUT2D eigenvalue weighted by Crippen LogP contribution is -2.46. The molecule has 84 valence electrons. The molecule has 0 aromatic carbocycles. The van der Waals surface area contributed by atoms with Gasteiger partial charge in [-0.1, -0.05) is 40.4 Å². The molecular formula is C8H10Br2ClF3. The van der Waals surface area contributed by atoms with Gasteiger partial charge in [-0.25, -0.2) is 4.39 Å². The molecule has 1 rings (SSSR count). The largest absolute Gasteiger partial charge is 0.348 e. The minimum absolute atomic E-state index is 0.276. The predicted molar refractivity (Wildman–Crippen MR) is 58.2 cm³/mol. The summed E-state index contributed by atoms with van der Waals surface area (Å²) >= 11 is 10.5. The normalized spacial score (nSPS) is 33.9. The van der Waals surface area contributed by atoms with E-state index in [0.29, 0.717) is 12.8 Å². The van der Waals surface area contributed by atoms with Gasteiger partial charge in [-0.3, -0.25) is 0 Å². The van der Waals surface area contributed by atoms with Gasteiger partial charge in [0.25, 0.3) is 5.13 Å². The molecule has 0 N–H and O–H groups in total.